The van der Waals surface area contributed by atoms with Crippen LogP contribution in [0.25, 0.3) is 0 Å². The molecule has 14 heavy (non-hydrogen) atoms. The summed E-state index contributed by atoms with van der Waals surface area (Å²) in [6, 6.07) is 7.08. The van der Waals surface area contributed by atoms with Crippen LogP contribution in [-0.2, 0) is 11.3 Å². The second-order valence-corrected chi connectivity index (χ2v) is 3.18. The zero-order valence-corrected chi connectivity index (χ0v) is 8.49. The third kappa shape index (κ3) is 4.25. The van der Waals surface area contributed by atoms with Gasteiger partial charge in [-0.15, -0.1) is 0 Å². The number of phenolic OH excluding ortho intramolecular Hbond substituents is 1. The number of aromatic hydroxyl groups is 1. The summed E-state index contributed by atoms with van der Waals surface area (Å²) in [6.07, 6.45) is 1.02. The van der Waals surface area contributed by atoms with Crippen molar-refractivity contribution in [3.8, 4) is 5.75 Å². The van der Waals surface area contributed by atoms with Crippen LogP contribution in [0.2, 0.25) is 0 Å². The molecule has 0 heterocycles. The summed E-state index contributed by atoms with van der Waals surface area (Å²) in [6.45, 7) is 2.36. The van der Waals surface area contributed by atoms with E-state index in [4.69, 9.17) is 9.84 Å². The van der Waals surface area contributed by atoms with E-state index >= 15 is 0 Å². The normalized spacial score (nSPS) is 10.4. The molecule has 3 heteroatoms. The number of rotatable bonds is 6. The van der Waals surface area contributed by atoms with Crippen molar-refractivity contribution in [3.05, 3.63) is 29.8 Å². The van der Waals surface area contributed by atoms with Crippen LogP contribution in [0.1, 0.15) is 12.0 Å². The van der Waals surface area contributed by atoms with E-state index in [0.29, 0.717) is 12.4 Å². The van der Waals surface area contributed by atoms with E-state index in [0.717, 1.165) is 25.1 Å². The van der Waals surface area contributed by atoms with Crippen LogP contribution < -0.4 is 5.32 Å². The van der Waals surface area contributed by atoms with Crippen LogP contribution >= 0.6 is 0 Å². The Kier molecular flexibility index (Phi) is 5.04. The molecule has 0 amide bonds. The van der Waals surface area contributed by atoms with Crippen molar-refractivity contribution < 1.29 is 9.84 Å². The van der Waals surface area contributed by atoms with E-state index in [-0.39, 0.29) is 0 Å². The maximum absolute atomic E-state index is 9.05. The van der Waals surface area contributed by atoms with E-state index < -0.39 is 0 Å². The predicted molar refractivity (Wildman–Crippen MR) is 56.3 cm³/mol. The molecule has 0 spiro atoms. The van der Waals surface area contributed by atoms with Gasteiger partial charge < -0.3 is 15.2 Å². The first-order valence-corrected chi connectivity index (χ1v) is 4.83. The lowest BCUT2D eigenvalue weighted by atomic mass is 10.2. The molecular weight excluding hydrogens is 178 g/mol. The Labute approximate surface area is 84.7 Å². The molecule has 0 aromatic heterocycles. The Morgan fingerprint density at radius 2 is 2.00 bits per heavy atom. The van der Waals surface area contributed by atoms with E-state index in [1.807, 2.05) is 19.2 Å². The molecule has 0 radical (unpaired) electrons. The van der Waals surface area contributed by atoms with Crippen LogP contribution in [0.3, 0.4) is 0 Å². The Bertz CT molecular complexity index is 246. The van der Waals surface area contributed by atoms with Gasteiger partial charge in [0.2, 0.25) is 0 Å². The van der Waals surface area contributed by atoms with Crippen LogP contribution in [0.4, 0.5) is 0 Å². The minimum Gasteiger partial charge on any atom is -0.508 e. The average molecular weight is 195 g/mol. The molecule has 0 aliphatic heterocycles. The number of hydrogen-bond acceptors (Lipinski definition) is 3. The fourth-order valence-corrected chi connectivity index (χ4v) is 1.13. The van der Waals surface area contributed by atoms with Gasteiger partial charge in [0.25, 0.3) is 0 Å². The van der Waals surface area contributed by atoms with Gasteiger partial charge in [-0.05, 0) is 37.7 Å². The molecule has 0 saturated carbocycles. The summed E-state index contributed by atoms with van der Waals surface area (Å²) in [5.74, 6) is 0.295. The van der Waals surface area contributed by atoms with Crippen molar-refractivity contribution >= 4 is 0 Å². The van der Waals surface area contributed by atoms with E-state index in [1.54, 1.807) is 12.1 Å². The van der Waals surface area contributed by atoms with Gasteiger partial charge in [-0.25, -0.2) is 0 Å². The second kappa shape index (κ2) is 6.40. The third-order valence-corrected chi connectivity index (χ3v) is 1.92. The van der Waals surface area contributed by atoms with Gasteiger partial charge in [-0.2, -0.15) is 0 Å². The molecule has 0 aliphatic carbocycles. The molecule has 0 bridgehead atoms. The number of benzene rings is 1. The number of nitrogens with one attached hydrogen (secondary N) is 1. The molecule has 0 saturated heterocycles. The van der Waals surface area contributed by atoms with Gasteiger partial charge in [0.1, 0.15) is 5.75 Å². The van der Waals surface area contributed by atoms with Crippen LogP contribution in [0, 0.1) is 0 Å². The second-order valence-electron chi connectivity index (χ2n) is 3.18. The molecule has 3 nitrogen and oxygen atoms in total. The maximum atomic E-state index is 9.05. The van der Waals surface area contributed by atoms with E-state index in [9.17, 15) is 0 Å². The highest BCUT2D eigenvalue weighted by Gasteiger charge is 1.93. The molecule has 0 fully saturated rings. The van der Waals surface area contributed by atoms with Crippen molar-refractivity contribution in [1.29, 1.82) is 0 Å². The van der Waals surface area contributed by atoms with Gasteiger partial charge in [-0.1, -0.05) is 12.1 Å². The van der Waals surface area contributed by atoms with Crippen LogP contribution in [0.15, 0.2) is 24.3 Å². The largest absolute Gasteiger partial charge is 0.508 e. The fourth-order valence-electron chi connectivity index (χ4n) is 1.13. The smallest absolute Gasteiger partial charge is 0.115 e. The first-order chi connectivity index (χ1) is 6.83. The molecule has 1 aromatic rings. The van der Waals surface area contributed by atoms with Crippen molar-refractivity contribution in [2.75, 3.05) is 20.2 Å². The SMILES string of the molecule is CNCCCOCc1ccc(O)cc1. The van der Waals surface area contributed by atoms with Crippen LogP contribution in [0.5, 0.6) is 5.75 Å². The molecule has 0 unspecified atom stereocenters. The lowest BCUT2D eigenvalue weighted by molar-refractivity contribution is 0.119. The molecular formula is C11H17NO2. The van der Waals surface area contributed by atoms with Gasteiger partial charge in [0.15, 0.2) is 0 Å². The Hall–Kier alpha value is -1.06. The Morgan fingerprint density at radius 1 is 1.29 bits per heavy atom. The standard InChI is InChI=1S/C11H17NO2/c1-12-7-2-8-14-9-10-3-5-11(13)6-4-10/h3-6,12-13H,2,7-9H2,1H3. The van der Waals surface area contributed by atoms with Gasteiger partial charge in [0, 0.05) is 6.61 Å². The molecule has 1 rings (SSSR count). The zero-order chi connectivity index (χ0) is 10.2. The lowest BCUT2D eigenvalue weighted by Gasteiger charge is -2.04. The quantitative estimate of drug-likeness (QED) is 0.676. The molecule has 0 aliphatic rings. The molecule has 78 valence electrons. The summed E-state index contributed by atoms with van der Waals surface area (Å²) >= 11 is 0. The number of phenols is 1. The van der Waals surface area contributed by atoms with E-state index in [1.165, 1.54) is 0 Å². The third-order valence-electron chi connectivity index (χ3n) is 1.92. The van der Waals surface area contributed by atoms with Crippen molar-refractivity contribution in [2.45, 2.75) is 13.0 Å². The molecule has 2 N–H and O–H groups in total. The molecule has 1 aromatic carbocycles. The monoisotopic (exact) mass is 195 g/mol. The minimum atomic E-state index is 0.295. The van der Waals surface area contributed by atoms with Crippen LogP contribution in [-0.4, -0.2) is 25.3 Å². The lowest BCUT2D eigenvalue weighted by Crippen LogP contribution is -2.10. The highest BCUT2D eigenvalue weighted by Crippen LogP contribution is 2.10. The summed E-state index contributed by atoms with van der Waals surface area (Å²) in [4.78, 5) is 0. The minimum absolute atomic E-state index is 0.295. The van der Waals surface area contributed by atoms with Crippen molar-refractivity contribution in [1.82, 2.24) is 5.32 Å². The van der Waals surface area contributed by atoms with Crippen molar-refractivity contribution in [3.63, 3.8) is 0 Å². The molecule has 0 atom stereocenters. The van der Waals surface area contributed by atoms with Crippen molar-refractivity contribution in [2.24, 2.45) is 0 Å². The van der Waals surface area contributed by atoms with Gasteiger partial charge in [0.05, 0.1) is 6.61 Å². The number of hydrogen-bond donors (Lipinski definition) is 2. The van der Waals surface area contributed by atoms with Gasteiger partial charge in [-0.3, -0.25) is 0 Å². The Morgan fingerprint density at radius 3 is 2.64 bits per heavy atom. The summed E-state index contributed by atoms with van der Waals surface area (Å²) in [5, 5.41) is 12.1. The Balaban J connectivity index is 2.15. The average Bonchev–Trinajstić information content (AvgIpc) is 2.21. The first kappa shape index (κ1) is 11.0. The maximum Gasteiger partial charge on any atom is 0.115 e. The highest BCUT2D eigenvalue weighted by molar-refractivity contribution is 5.25. The summed E-state index contributed by atoms with van der Waals surface area (Å²) in [7, 11) is 1.93. The topological polar surface area (TPSA) is 41.5 Å². The fraction of sp³-hybridized carbons (Fsp3) is 0.455. The zero-order valence-electron chi connectivity index (χ0n) is 8.49. The summed E-state index contributed by atoms with van der Waals surface area (Å²) < 4.78 is 5.44. The van der Waals surface area contributed by atoms with Gasteiger partial charge >= 0.3 is 0 Å². The highest BCUT2D eigenvalue weighted by atomic mass is 16.5. The predicted octanol–water partition coefficient (Wildman–Crippen LogP) is 1.52. The summed E-state index contributed by atoms with van der Waals surface area (Å²) in [5.41, 5.74) is 1.09. The first-order valence-electron chi connectivity index (χ1n) is 4.83. The van der Waals surface area contributed by atoms with E-state index in [2.05, 4.69) is 5.32 Å². The number of ether oxygens (including phenoxy) is 1.